The van der Waals surface area contributed by atoms with E-state index in [9.17, 15) is 9.90 Å². The minimum absolute atomic E-state index is 0.0777. The Morgan fingerprint density at radius 3 is 2.15 bits per heavy atom. The Labute approximate surface area is 122 Å². The first-order chi connectivity index (χ1) is 8.85. The number of carbonyl (C=O) groups excluding carboxylic acids is 1. The van der Waals surface area contributed by atoms with Crippen LogP contribution in [0.25, 0.3) is 0 Å². The van der Waals surface area contributed by atoms with Gasteiger partial charge in [0.2, 0.25) is 0 Å². The summed E-state index contributed by atoms with van der Waals surface area (Å²) in [7, 11) is 0. The second-order valence-electron chi connectivity index (χ2n) is 8.40. The summed E-state index contributed by atoms with van der Waals surface area (Å²) in [5.41, 5.74) is -0.450. The lowest BCUT2D eigenvalue weighted by atomic mass is 9.61. The molecule has 1 saturated heterocycles. The molecule has 0 radical (unpaired) electrons. The molecule has 0 aliphatic carbocycles. The maximum atomic E-state index is 11.1. The van der Waals surface area contributed by atoms with E-state index in [4.69, 9.17) is 9.47 Å². The highest BCUT2D eigenvalue weighted by Crippen LogP contribution is 2.49. The molecule has 1 aliphatic rings. The van der Waals surface area contributed by atoms with Gasteiger partial charge >= 0.3 is 5.97 Å². The molecule has 1 rings (SSSR count). The van der Waals surface area contributed by atoms with Gasteiger partial charge in [-0.15, -0.1) is 0 Å². The van der Waals surface area contributed by atoms with Gasteiger partial charge in [-0.2, -0.15) is 0 Å². The molecule has 1 aliphatic heterocycles. The Morgan fingerprint density at radius 1 is 1.25 bits per heavy atom. The maximum Gasteiger partial charge on any atom is 0.308 e. The topological polar surface area (TPSA) is 55.8 Å². The van der Waals surface area contributed by atoms with Crippen LogP contribution < -0.4 is 0 Å². The average Bonchev–Trinajstić information content (AvgIpc) is 2.59. The lowest BCUT2D eigenvalue weighted by Gasteiger charge is -2.48. The number of rotatable bonds is 4. The van der Waals surface area contributed by atoms with E-state index in [-0.39, 0.29) is 35.9 Å². The first kappa shape index (κ1) is 17.4. The fourth-order valence-electron chi connectivity index (χ4n) is 2.73. The summed E-state index contributed by atoms with van der Waals surface area (Å²) in [6.07, 6.45) is -0.195. The number of aliphatic hydroxyl groups excluding tert-OH is 1. The number of esters is 1. The van der Waals surface area contributed by atoms with E-state index in [1.54, 1.807) is 0 Å². The molecule has 3 unspecified atom stereocenters. The second-order valence-corrected chi connectivity index (χ2v) is 8.40. The predicted octanol–water partition coefficient (Wildman–Crippen LogP) is 3.13. The zero-order chi connectivity index (χ0) is 15.8. The van der Waals surface area contributed by atoms with Crippen LogP contribution >= 0.6 is 0 Å². The lowest BCUT2D eigenvalue weighted by molar-refractivity contribution is -0.231. The van der Waals surface area contributed by atoms with Gasteiger partial charge in [0.15, 0.2) is 6.29 Å². The van der Waals surface area contributed by atoms with Crippen molar-refractivity contribution in [2.75, 3.05) is 6.61 Å². The number of ether oxygens (including phenoxy) is 2. The zero-order valence-electron chi connectivity index (χ0n) is 13.9. The molecule has 0 bridgehead atoms. The van der Waals surface area contributed by atoms with Crippen LogP contribution in [0.1, 0.15) is 61.3 Å². The number of carbonyl (C=O) groups is 1. The van der Waals surface area contributed by atoms with Crippen LogP contribution in [-0.2, 0) is 14.3 Å². The Bertz CT molecular complexity index is 350. The van der Waals surface area contributed by atoms with Crippen molar-refractivity contribution in [2.24, 2.45) is 16.2 Å². The molecule has 20 heavy (non-hydrogen) atoms. The highest BCUT2D eigenvalue weighted by Gasteiger charge is 2.47. The van der Waals surface area contributed by atoms with Gasteiger partial charge in [-0.05, 0) is 17.3 Å². The van der Waals surface area contributed by atoms with Crippen LogP contribution in [0.2, 0.25) is 0 Å². The van der Waals surface area contributed by atoms with Gasteiger partial charge in [0.05, 0.1) is 6.42 Å². The first-order valence-corrected chi connectivity index (χ1v) is 7.34. The Morgan fingerprint density at radius 2 is 1.80 bits per heavy atom. The third kappa shape index (κ3) is 4.19. The summed E-state index contributed by atoms with van der Waals surface area (Å²) < 4.78 is 10.6. The van der Waals surface area contributed by atoms with Crippen LogP contribution in [0, 0.1) is 16.2 Å². The Hall–Kier alpha value is -0.610. The van der Waals surface area contributed by atoms with Crippen molar-refractivity contribution in [3.8, 4) is 0 Å². The molecule has 0 aromatic carbocycles. The molecule has 0 saturated carbocycles. The number of hydrogen-bond acceptors (Lipinski definition) is 4. The molecule has 0 spiro atoms. The summed E-state index contributed by atoms with van der Waals surface area (Å²) in [5.74, 6) is -0.254. The zero-order valence-corrected chi connectivity index (χ0v) is 13.9. The van der Waals surface area contributed by atoms with Crippen molar-refractivity contribution < 1.29 is 19.4 Å². The first-order valence-electron chi connectivity index (χ1n) is 7.34. The summed E-state index contributed by atoms with van der Waals surface area (Å²) in [4.78, 5) is 11.1. The molecule has 1 heterocycles. The lowest BCUT2D eigenvalue weighted by Crippen LogP contribution is -2.48. The Kier molecular flexibility index (Phi) is 4.92. The summed E-state index contributed by atoms with van der Waals surface area (Å²) in [6, 6.07) is 0. The van der Waals surface area contributed by atoms with Crippen molar-refractivity contribution in [3.05, 3.63) is 0 Å². The van der Waals surface area contributed by atoms with E-state index in [2.05, 4.69) is 48.5 Å². The van der Waals surface area contributed by atoms with Crippen LogP contribution in [0.15, 0.2) is 0 Å². The minimum Gasteiger partial charge on any atom is -0.463 e. The molecule has 1 fully saturated rings. The standard InChI is InChI=1S/C16H30O4/c1-14(2,3)10-16(7,15(4,5)6)13(18)20-11-8-12(17)19-9-11/h11,13,18H,8-10H2,1-7H3. The molecule has 1 N–H and O–H groups in total. The van der Waals surface area contributed by atoms with Crippen LogP contribution in [0.4, 0.5) is 0 Å². The summed E-state index contributed by atoms with van der Waals surface area (Å²) >= 11 is 0. The number of hydrogen-bond donors (Lipinski definition) is 1. The molecule has 0 amide bonds. The quantitative estimate of drug-likeness (QED) is 0.637. The molecule has 0 aromatic rings. The summed E-state index contributed by atoms with van der Waals surface area (Å²) in [5, 5.41) is 10.6. The van der Waals surface area contributed by atoms with E-state index in [1.807, 2.05) is 0 Å². The average molecular weight is 286 g/mol. The van der Waals surface area contributed by atoms with Crippen LogP contribution in [0.5, 0.6) is 0 Å². The fraction of sp³-hybridized carbons (Fsp3) is 0.938. The number of aliphatic hydroxyl groups is 1. The van der Waals surface area contributed by atoms with Gasteiger partial charge in [-0.25, -0.2) is 0 Å². The van der Waals surface area contributed by atoms with Gasteiger partial charge in [0.1, 0.15) is 12.7 Å². The third-order valence-corrected chi connectivity index (χ3v) is 4.30. The number of cyclic esters (lactones) is 1. The van der Waals surface area contributed by atoms with Gasteiger partial charge in [-0.1, -0.05) is 48.5 Å². The van der Waals surface area contributed by atoms with Crippen molar-refractivity contribution >= 4 is 5.97 Å². The largest absolute Gasteiger partial charge is 0.463 e. The van der Waals surface area contributed by atoms with E-state index in [0.29, 0.717) is 0 Å². The minimum atomic E-state index is -0.916. The highest BCUT2D eigenvalue weighted by molar-refractivity contribution is 5.71. The fourth-order valence-corrected chi connectivity index (χ4v) is 2.73. The molecular formula is C16H30O4. The van der Waals surface area contributed by atoms with E-state index in [1.165, 1.54) is 0 Å². The molecule has 4 heteroatoms. The predicted molar refractivity (Wildman–Crippen MR) is 78.1 cm³/mol. The van der Waals surface area contributed by atoms with Crippen molar-refractivity contribution in [2.45, 2.75) is 73.7 Å². The molecule has 0 aromatic heterocycles. The van der Waals surface area contributed by atoms with Crippen molar-refractivity contribution in [1.29, 1.82) is 0 Å². The van der Waals surface area contributed by atoms with E-state index in [0.717, 1.165) is 6.42 Å². The van der Waals surface area contributed by atoms with Gasteiger partial charge < -0.3 is 14.6 Å². The SMILES string of the molecule is CC(C)(C)CC(C)(C(O)OC1COC(=O)C1)C(C)(C)C. The monoisotopic (exact) mass is 286 g/mol. The molecule has 3 atom stereocenters. The second kappa shape index (κ2) is 5.64. The van der Waals surface area contributed by atoms with Gasteiger partial charge in [0, 0.05) is 5.41 Å². The van der Waals surface area contributed by atoms with Gasteiger partial charge in [-0.3, -0.25) is 4.79 Å². The van der Waals surface area contributed by atoms with Crippen molar-refractivity contribution in [1.82, 2.24) is 0 Å². The maximum absolute atomic E-state index is 11.1. The van der Waals surface area contributed by atoms with Crippen LogP contribution in [-0.4, -0.2) is 30.1 Å². The van der Waals surface area contributed by atoms with Crippen LogP contribution in [0.3, 0.4) is 0 Å². The normalized spacial score (nSPS) is 25.2. The molecular weight excluding hydrogens is 256 g/mol. The Balaban J connectivity index is 2.85. The van der Waals surface area contributed by atoms with E-state index < -0.39 is 11.7 Å². The third-order valence-electron chi connectivity index (χ3n) is 4.30. The van der Waals surface area contributed by atoms with E-state index >= 15 is 0 Å². The smallest absolute Gasteiger partial charge is 0.308 e. The van der Waals surface area contributed by atoms with Crippen molar-refractivity contribution in [3.63, 3.8) is 0 Å². The highest BCUT2D eigenvalue weighted by atomic mass is 16.6. The van der Waals surface area contributed by atoms with Gasteiger partial charge in [0.25, 0.3) is 0 Å². The molecule has 118 valence electrons. The summed E-state index contributed by atoms with van der Waals surface area (Å²) in [6.45, 7) is 15.1. The molecule has 4 nitrogen and oxygen atoms in total.